The lowest BCUT2D eigenvalue weighted by molar-refractivity contribution is 0.0472. The molecule has 0 fully saturated rings. The molecule has 5 heteroatoms. The van der Waals surface area contributed by atoms with Gasteiger partial charge in [-0.3, -0.25) is 4.79 Å². The van der Waals surface area contributed by atoms with E-state index in [4.69, 9.17) is 4.74 Å². The lowest BCUT2D eigenvalue weighted by Gasteiger charge is -2.02. The van der Waals surface area contributed by atoms with Crippen molar-refractivity contribution >= 4 is 33.8 Å². The van der Waals surface area contributed by atoms with Crippen LogP contribution < -0.4 is 0 Å². The Labute approximate surface area is 125 Å². The normalized spacial score (nSPS) is 10.5. The standard InChI is InChI=1S/C16H11NO3S/c18-9-11-5-7-12(8-6-11)16(19)20-10-15-17-13-3-1-2-4-14(13)21-15/h1-9H,10H2. The number of aromatic nitrogens is 1. The minimum Gasteiger partial charge on any atom is -0.455 e. The summed E-state index contributed by atoms with van der Waals surface area (Å²) >= 11 is 1.51. The maximum absolute atomic E-state index is 11.9. The highest BCUT2D eigenvalue weighted by molar-refractivity contribution is 7.18. The second kappa shape index (κ2) is 5.85. The van der Waals surface area contributed by atoms with E-state index in [9.17, 15) is 9.59 Å². The average molecular weight is 297 g/mol. The van der Waals surface area contributed by atoms with E-state index >= 15 is 0 Å². The molecule has 0 unspecified atom stereocenters. The Morgan fingerprint density at radius 3 is 2.62 bits per heavy atom. The highest BCUT2D eigenvalue weighted by Gasteiger charge is 2.09. The Bertz CT molecular complexity index is 760. The van der Waals surface area contributed by atoms with Crippen molar-refractivity contribution in [2.75, 3.05) is 0 Å². The van der Waals surface area contributed by atoms with Crippen molar-refractivity contribution in [3.8, 4) is 0 Å². The second-order valence-corrected chi connectivity index (χ2v) is 5.51. The van der Waals surface area contributed by atoms with Crippen LogP contribution in [0.3, 0.4) is 0 Å². The molecule has 0 N–H and O–H groups in total. The van der Waals surface area contributed by atoms with E-state index in [-0.39, 0.29) is 6.61 Å². The van der Waals surface area contributed by atoms with Crippen molar-refractivity contribution in [1.29, 1.82) is 0 Å². The lowest BCUT2D eigenvalue weighted by atomic mass is 10.1. The maximum Gasteiger partial charge on any atom is 0.338 e. The van der Waals surface area contributed by atoms with Gasteiger partial charge in [0.05, 0.1) is 15.8 Å². The fourth-order valence-electron chi connectivity index (χ4n) is 1.89. The predicted octanol–water partition coefficient (Wildman–Crippen LogP) is 3.47. The van der Waals surface area contributed by atoms with Gasteiger partial charge in [0.2, 0.25) is 0 Å². The van der Waals surface area contributed by atoms with Gasteiger partial charge >= 0.3 is 5.97 Å². The molecule has 0 saturated heterocycles. The van der Waals surface area contributed by atoms with Gasteiger partial charge in [-0.05, 0) is 24.3 Å². The number of nitrogens with zero attached hydrogens (tertiary/aromatic N) is 1. The first-order chi connectivity index (χ1) is 10.3. The summed E-state index contributed by atoms with van der Waals surface area (Å²) in [6.45, 7) is 0.146. The first-order valence-electron chi connectivity index (χ1n) is 6.33. The van der Waals surface area contributed by atoms with Gasteiger partial charge in [-0.25, -0.2) is 9.78 Å². The van der Waals surface area contributed by atoms with Gasteiger partial charge in [-0.2, -0.15) is 0 Å². The average Bonchev–Trinajstić information content (AvgIpc) is 2.95. The number of esters is 1. The van der Waals surface area contributed by atoms with Gasteiger partial charge in [0, 0.05) is 5.56 Å². The number of rotatable bonds is 4. The number of para-hydroxylation sites is 1. The SMILES string of the molecule is O=Cc1ccc(C(=O)OCc2nc3ccccc3s2)cc1. The predicted molar refractivity (Wildman–Crippen MR) is 80.6 cm³/mol. The van der Waals surface area contributed by atoms with Gasteiger partial charge in [-0.15, -0.1) is 11.3 Å². The fraction of sp³-hybridized carbons (Fsp3) is 0.0625. The van der Waals surface area contributed by atoms with Gasteiger partial charge in [0.15, 0.2) is 0 Å². The molecule has 2 aromatic carbocycles. The van der Waals surface area contributed by atoms with Crippen molar-refractivity contribution in [2.45, 2.75) is 6.61 Å². The molecule has 0 aliphatic rings. The molecule has 0 atom stereocenters. The first-order valence-corrected chi connectivity index (χ1v) is 7.15. The van der Waals surface area contributed by atoms with Crippen LogP contribution in [0.1, 0.15) is 25.7 Å². The second-order valence-electron chi connectivity index (χ2n) is 4.39. The van der Waals surface area contributed by atoms with Gasteiger partial charge in [-0.1, -0.05) is 24.3 Å². The number of hydrogen-bond acceptors (Lipinski definition) is 5. The van der Waals surface area contributed by atoms with E-state index in [1.807, 2.05) is 24.3 Å². The summed E-state index contributed by atoms with van der Waals surface area (Å²) in [6.07, 6.45) is 0.732. The van der Waals surface area contributed by atoms with E-state index in [2.05, 4.69) is 4.98 Å². The van der Waals surface area contributed by atoms with Crippen LogP contribution in [0, 0.1) is 0 Å². The minimum atomic E-state index is -0.424. The summed E-state index contributed by atoms with van der Waals surface area (Å²) in [4.78, 5) is 26.9. The number of carbonyl (C=O) groups excluding carboxylic acids is 2. The molecular weight excluding hydrogens is 286 g/mol. The summed E-state index contributed by atoms with van der Waals surface area (Å²) in [5.41, 5.74) is 1.85. The Morgan fingerprint density at radius 1 is 1.14 bits per heavy atom. The number of thiazole rings is 1. The quantitative estimate of drug-likeness (QED) is 0.546. The molecule has 0 saturated carbocycles. The van der Waals surface area contributed by atoms with Gasteiger partial charge < -0.3 is 4.74 Å². The Kier molecular flexibility index (Phi) is 3.75. The molecule has 0 aliphatic heterocycles. The Balaban J connectivity index is 1.68. The van der Waals surface area contributed by atoms with Crippen LogP contribution in [0.5, 0.6) is 0 Å². The highest BCUT2D eigenvalue weighted by atomic mass is 32.1. The monoisotopic (exact) mass is 297 g/mol. The van der Waals surface area contributed by atoms with E-state index in [1.165, 1.54) is 11.3 Å². The number of fused-ring (bicyclic) bond motifs is 1. The van der Waals surface area contributed by atoms with E-state index in [0.29, 0.717) is 11.1 Å². The Hall–Kier alpha value is -2.53. The molecule has 0 amide bonds. The molecular formula is C16H11NO3S. The van der Waals surface area contributed by atoms with Crippen LogP contribution >= 0.6 is 11.3 Å². The van der Waals surface area contributed by atoms with Crippen LogP contribution in [0.25, 0.3) is 10.2 Å². The summed E-state index contributed by atoms with van der Waals surface area (Å²) in [6, 6.07) is 14.1. The van der Waals surface area contributed by atoms with Crippen molar-refractivity contribution in [1.82, 2.24) is 4.98 Å². The summed E-state index contributed by atoms with van der Waals surface area (Å²) in [5.74, 6) is -0.424. The molecule has 21 heavy (non-hydrogen) atoms. The number of ether oxygens (including phenoxy) is 1. The van der Waals surface area contributed by atoms with Crippen LogP contribution in [0.15, 0.2) is 48.5 Å². The zero-order valence-corrected chi connectivity index (χ0v) is 11.8. The fourth-order valence-corrected chi connectivity index (χ4v) is 2.77. The zero-order valence-electron chi connectivity index (χ0n) is 11.0. The van der Waals surface area contributed by atoms with E-state index in [1.54, 1.807) is 24.3 Å². The molecule has 1 heterocycles. The molecule has 0 aliphatic carbocycles. The maximum atomic E-state index is 11.9. The number of carbonyl (C=O) groups is 2. The van der Waals surface area contributed by atoms with Crippen LogP contribution in [-0.4, -0.2) is 17.2 Å². The van der Waals surface area contributed by atoms with E-state index < -0.39 is 5.97 Å². The minimum absolute atomic E-state index is 0.146. The van der Waals surface area contributed by atoms with Crippen molar-refractivity contribution in [3.05, 3.63) is 64.7 Å². The summed E-state index contributed by atoms with van der Waals surface area (Å²) < 4.78 is 6.31. The van der Waals surface area contributed by atoms with Crippen LogP contribution in [0.4, 0.5) is 0 Å². The zero-order chi connectivity index (χ0) is 14.7. The van der Waals surface area contributed by atoms with Crippen LogP contribution in [0.2, 0.25) is 0 Å². The third-order valence-electron chi connectivity index (χ3n) is 2.95. The molecule has 0 bridgehead atoms. The lowest BCUT2D eigenvalue weighted by Crippen LogP contribution is -2.05. The highest BCUT2D eigenvalue weighted by Crippen LogP contribution is 2.22. The molecule has 4 nitrogen and oxygen atoms in total. The van der Waals surface area contributed by atoms with E-state index in [0.717, 1.165) is 21.5 Å². The summed E-state index contributed by atoms with van der Waals surface area (Å²) in [5, 5.41) is 0.758. The molecule has 1 aromatic heterocycles. The van der Waals surface area contributed by atoms with Crippen molar-refractivity contribution in [2.24, 2.45) is 0 Å². The Morgan fingerprint density at radius 2 is 1.90 bits per heavy atom. The number of benzene rings is 2. The molecule has 3 aromatic rings. The largest absolute Gasteiger partial charge is 0.455 e. The smallest absolute Gasteiger partial charge is 0.338 e. The first kappa shape index (κ1) is 13.5. The molecule has 104 valence electrons. The molecule has 0 spiro atoms. The number of hydrogen-bond donors (Lipinski definition) is 0. The summed E-state index contributed by atoms with van der Waals surface area (Å²) in [7, 11) is 0. The third-order valence-corrected chi connectivity index (χ3v) is 3.96. The number of aldehydes is 1. The molecule has 3 rings (SSSR count). The topological polar surface area (TPSA) is 56.3 Å². The third kappa shape index (κ3) is 2.98. The van der Waals surface area contributed by atoms with Gasteiger partial charge in [0.25, 0.3) is 0 Å². The van der Waals surface area contributed by atoms with Crippen LogP contribution in [-0.2, 0) is 11.3 Å². The van der Waals surface area contributed by atoms with Crippen molar-refractivity contribution in [3.63, 3.8) is 0 Å². The van der Waals surface area contributed by atoms with Gasteiger partial charge in [0.1, 0.15) is 17.9 Å². The van der Waals surface area contributed by atoms with Crippen molar-refractivity contribution < 1.29 is 14.3 Å². The molecule has 0 radical (unpaired) electrons.